The number of hydrogen-bond acceptors (Lipinski definition) is 3. The molecule has 2 aromatic rings. The summed E-state index contributed by atoms with van der Waals surface area (Å²) in [5, 5.41) is 17.2. The minimum atomic E-state index is -0.493. The van der Waals surface area contributed by atoms with Gasteiger partial charge in [-0.05, 0) is 42.5 Å². The van der Waals surface area contributed by atoms with Gasteiger partial charge in [-0.15, -0.1) is 0 Å². The first-order chi connectivity index (χ1) is 9.95. The monoisotopic (exact) mass is 385 g/mol. The summed E-state index contributed by atoms with van der Waals surface area (Å²) in [5.74, 6) is 0. The fourth-order valence-electron chi connectivity index (χ4n) is 1.54. The molecule has 21 heavy (non-hydrogen) atoms. The number of nitrogens with one attached hydrogen (secondary N) is 2. The van der Waals surface area contributed by atoms with Gasteiger partial charge in [0, 0.05) is 22.3 Å². The number of rotatable bonds is 3. The Balaban J connectivity index is 2.10. The van der Waals surface area contributed by atoms with E-state index in [1.807, 2.05) is 24.3 Å². The maximum atomic E-state index is 10.8. The molecule has 8 heteroatoms. The molecule has 0 saturated heterocycles. The lowest BCUT2D eigenvalue weighted by molar-refractivity contribution is -0.384. The van der Waals surface area contributed by atoms with Crippen molar-refractivity contribution >= 4 is 61.9 Å². The highest BCUT2D eigenvalue weighted by Crippen LogP contribution is 2.26. The Morgan fingerprint density at radius 1 is 1.19 bits per heavy atom. The summed E-state index contributed by atoms with van der Waals surface area (Å²) in [6.07, 6.45) is 0. The van der Waals surface area contributed by atoms with Gasteiger partial charge < -0.3 is 10.6 Å². The highest BCUT2D eigenvalue weighted by molar-refractivity contribution is 9.10. The number of halogens is 2. The minimum absolute atomic E-state index is 0.0617. The topological polar surface area (TPSA) is 67.2 Å². The molecule has 2 aromatic carbocycles. The molecule has 0 fully saturated rings. The van der Waals surface area contributed by atoms with E-state index in [4.69, 9.17) is 23.8 Å². The molecule has 2 rings (SSSR count). The van der Waals surface area contributed by atoms with E-state index in [9.17, 15) is 10.1 Å². The summed E-state index contributed by atoms with van der Waals surface area (Å²) in [5.41, 5.74) is 1.10. The van der Waals surface area contributed by atoms with Crippen LogP contribution >= 0.6 is 39.7 Å². The number of non-ortho nitro benzene ring substituents is 1. The molecule has 2 N–H and O–H groups in total. The molecule has 0 aliphatic carbocycles. The van der Waals surface area contributed by atoms with Crippen LogP contribution in [-0.4, -0.2) is 10.0 Å². The lowest BCUT2D eigenvalue weighted by Crippen LogP contribution is -2.19. The number of nitrogens with zero attached hydrogens (tertiary/aromatic N) is 1. The van der Waals surface area contributed by atoms with Gasteiger partial charge >= 0.3 is 0 Å². The molecule has 0 aliphatic heterocycles. The normalized spacial score (nSPS) is 10.0. The molecule has 0 atom stereocenters. The predicted molar refractivity (Wildman–Crippen MR) is 92.1 cm³/mol. The van der Waals surface area contributed by atoms with Crippen LogP contribution < -0.4 is 10.6 Å². The standard InChI is InChI=1S/C13H9BrClN3O2S/c14-8-1-3-9(4-2-8)16-13(21)17-12-7-10(18(19)20)5-6-11(12)15/h1-7H,(H2,16,17,21). The molecule has 0 amide bonds. The third kappa shape index (κ3) is 4.38. The van der Waals surface area contributed by atoms with Gasteiger partial charge in [0.2, 0.25) is 0 Å². The van der Waals surface area contributed by atoms with Crippen molar-refractivity contribution in [2.75, 3.05) is 10.6 Å². The highest BCUT2D eigenvalue weighted by Gasteiger charge is 2.10. The first-order valence-electron chi connectivity index (χ1n) is 5.73. The summed E-state index contributed by atoms with van der Waals surface area (Å²) in [4.78, 5) is 10.3. The Morgan fingerprint density at radius 2 is 1.86 bits per heavy atom. The average Bonchev–Trinajstić information content (AvgIpc) is 2.43. The predicted octanol–water partition coefficient (Wildman–Crippen LogP) is 4.82. The van der Waals surface area contributed by atoms with E-state index >= 15 is 0 Å². The van der Waals surface area contributed by atoms with Gasteiger partial charge in [0.15, 0.2) is 5.11 Å². The number of nitro groups is 1. The highest BCUT2D eigenvalue weighted by atomic mass is 79.9. The maximum absolute atomic E-state index is 10.8. The SMILES string of the molecule is O=[N+]([O-])c1ccc(Cl)c(NC(=S)Nc2ccc(Br)cc2)c1. The van der Waals surface area contributed by atoms with Crippen molar-refractivity contribution in [1.82, 2.24) is 0 Å². The maximum Gasteiger partial charge on any atom is 0.271 e. The molecule has 0 spiro atoms. The van der Waals surface area contributed by atoms with E-state index in [1.54, 1.807) is 0 Å². The molecule has 5 nitrogen and oxygen atoms in total. The van der Waals surface area contributed by atoms with Crippen molar-refractivity contribution < 1.29 is 4.92 Å². The Labute approximate surface area is 139 Å². The van der Waals surface area contributed by atoms with Gasteiger partial charge in [0.1, 0.15) is 0 Å². The van der Waals surface area contributed by atoms with Crippen LogP contribution in [0.15, 0.2) is 46.9 Å². The van der Waals surface area contributed by atoms with E-state index in [0.29, 0.717) is 15.8 Å². The van der Waals surface area contributed by atoms with E-state index < -0.39 is 4.92 Å². The van der Waals surface area contributed by atoms with Crippen molar-refractivity contribution in [2.45, 2.75) is 0 Å². The van der Waals surface area contributed by atoms with Crippen molar-refractivity contribution in [3.05, 3.63) is 62.1 Å². The number of hydrogen-bond donors (Lipinski definition) is 2. The van der Waals surface area contributed by atoms with Crippen molar-refractivity contribution in [3.63, 3.8) is 0 Å². The number of anilines is 2. The largest absolute Gasteiger partial charge is 0.332 e. The van der Waals surface area contributed by atoms with Crippen LogP contribution in [0.5, 0.6) is 0 Å². The van der Waals surface area contributed by atoms with E-state index in [-0.39, 0.29) is 5.69 Å². The quantitative estimate of drug-likeness (QED) is 0.450. The van der Waals surface area contributed by atoms with Crippen LogP contribution in [0.1, 0.15) is 0 Å². The molecule has 0 unspecified atom stereocenters. The zero-order valence-corrected chi connectivity index (χ0v) is 13.6. The molecule has 0 radical (unpaired) electrons. The fourth-order valence-corrected chi connectivity index (χ4v) is 2.20. The molecule has 0 aliphatic rings. The van der Waals surface area contributed by atoms with Crippen LogP contribution in [-0.2, 0) is 0 Å². The summed E-state index contributed by atoms with van der Waals surface area (Å²) in [6, 6.07) is 11.5. The number of nitro benzene ring substituents is 1. The second-order valence-electron chi connectivity index (χ2n) is 4.01. The molecule has 108 valence electrons. The van der Waals surface area contributed by atoms with Crippen LogP contribution in [0, 0.1) is 10.1 Å². The second-order valence-corrected chi connectivity index (χ2v) is 5.74. The van der Waals surface area contributed by atoms with Crippen LogP contribution in [0.25, 0.3) is 0 Å². The number of benzene rings is 2. The second kappa shape index (κ2) is 6.84. The van der Waals surface area contributed by atoms with Crippen molar-refractivity contribution in [3.8, 4) is 0 Å². The smallest absolute Gasteiger partial charge is 0.271 e. The lowest BCUT2D eigenvalue weighted by atomic mass is 10.3. The first kappa shape index (κ1) is 15.7. The average molecular weight is 387 g/mol. The molecular weight excluding hydrogens is 378 g/mol. The Bertz CT molecular complexity index is 694. The zero-order valence-electron chi connectivity index (χ0n) is 10.5. The van der Waals surface area contributed by atoms with Gasteiger partial charge in [-0.1, -0.05) is 27.5 Å². The van der Waals surface area contributed by atoms with Gasteiger partial charge in [-0.25, -0.2) is 0 Å². The van der Waals surface area contributed by atoms with Crippen molar-refractivity contribution in [2.24, 2.45) is 0 Å². The van der Waals surface area contributed by atoms with E-state index in [1.165, 1.54) is 18.2 Å². The lowest BCUT2D eigenvalue weighted by Gasteiger charge is -2.11. The van der Waals surface area contributed by atoms with Crippen LogP contribution in [0.4, 0.5) is 17.1 Å². The van der Waals surface area contributed by atoms with Crippen LogP contribution in [0.2, 0.25) is 5.02 Å². The summed E-state index contributed by atoms with van der Waals surface area (Å²) in [6.45, 7) is 0. The van der Waals surface area contributed by atoms with E-state index in [2.05, 4.69) is 26.6 Å². The third-order valence-corrected chi connectivity index (χ3v) is 3.57. The van der Waals surface area contributed by atoms with Crippen molar-refractivity contribution in [1.29, 1.82) is 0 Å². The first-order valence-corrected chi connectivity index (χ1v) is 7.31. The van der Waals surface area contributed by atoms with Gasteiger partial charge in [-0.2, -0.15) is 0 Å². The summed E-state index contributed by atoms with van der Waals surface area (Å²) < 4.78 is 0.952. The molecule has 0 bridgehead atoms. The summed E-state index contributed by atoms with van der Waals surface area (Å²) in [7, 11) is 0. The van der Waals surface area contributed by atoms with Gasteiger partial charge in [-0.3, -0.25) is 10.1 Å². The molecular formula is C13H9BrClN3O2S. The Hall–Kier alpha value is -1.70. The van der Waals surface area contributed by atoms with E-state index in [0.717, 1.165) is 10.2 Å². The number of thiocarbonyl (C=S) groups is 1. The Kier molecular flexibility index (Phi) is 5.11. The third-order valence-electron chi connectivity index (χ3n) is 2.51. The fraction of sp³-hybridized carbons (Fsp3) is 0. The Morgan fingerprint density at radius 3 is 2.48 bits per heavy atom. The van der Waals surface area contributed by atoms with Gasteiger partial charge in [0.25, 0.3) is 5.69 Å². The summed E-state index contributed by atoms with van der Waals surface area (Å²) >= 11 is 14.5. The minimum Gasteiger partial charge on any atom is -0.332 e. The molecule has 0 heterocycles. The van der Waals surface area contributed by atoms with Crippen LogP contribution in [0.3, 0.4) is 0 Å². The van der Waals surface area contributed by atoms with Gasteiger partial charge in [0.05, 0.1) is 15.6 Å². The molecule has 0 aromatic heterocycles. The molecule has 0 saturated carbocycles. The zero-order chi connectivity index (χ0) is 15.4.